The molecule has 3 rings (SSSR count). The summed E-state index contributed by atoms with van der Waals surface area (Å²) in [4.78, 5) is 5.28. The minimum Gasteiger partial charge on any atom is -0.317 e. The molecule has 2 aromatic carbocycles. The standard InChI is InChI=1S/C17H16N2O3S2/c1-2-19-16(13-6-4-3-5-7-13)12-23-17(19)18-14-8-10-15(11-9-14)24(20,21)22/h3-12H,2H2,1H3,(H,20,21,22). The molecule has 0 aliphatic carbocycles. The molecule has 0 saturated carbocycles. The first-order chi connectivity index (χ1) is 11.5. The van der Waals surface area contributed by atoms with Gasteiger partial charge < -0.3 is 4.57 Å². The van der Waals surface area contributed by atoms with Gasteiger partial charge >= 0.3 is 0 Å². The van der Waals surface area contributed by atoms with E-state index in [0.29, 0.717) is 5.69 Å². The van der Waals surface area contributed by atoms with Crippen LogP contribution in [0.25, 0.3) is 11.3 Å². The van der Waals surface area contributed by atoms with Crippen molar-refractivity contribution < 1.29 is 13.0 Å². The fourth-order valence-electron chi connectivity index (χ4n) is 2.37. The summed E-state index contributed by atoms with van der Waals surface area (Å²) in [6, 6.07) is 15.9. The highest BCUT2D eigenvalue weighted by molar-refractivity contribution is 7.85. The first-order valence-electron chi connectivity index (χ1n) is 7.35. The third-order valence-corrected chi connectivity index (χ3v) is 5.27. The van der Waals surface area contributed by atoms with Gasteiger partial charge in [0.2, 0.25) is 0 Å². The van der Waals surface area contributed by atoms with Crippen LogP contribution in [0.15, 0.2) is 69.9 Å². The van der Waals surface area contributed by atoms with E-state index in [9.17, 15) is 8.42 Å². The maximum Gasteiger partial charge on any atom is 0.294 e. The molecule has 0 aliphatic heterocycles. The monoisotopic (exact) mass is 360 g/mol. The highest BCUT2D eigenvalue weighted by atomic mass is 32.2. The van der Waals surface area contributed by atoms with E-state index in [1.54, 1.807) is 12.1 Å². The normalized spacial score (nSPS) is 12.5. The van der Waals surface area contributed by atoms with Crippen molar-refractivity contribution in [1.29, 1.82) is 0 Å². The number of rotatable bonds is 4. The van der Waals surface area contributed by atoms with Gasteiger partial charge in [0, 0.05) is 11.9 Å². The molecule has 1 heterocycles. The number of benzene rings is 2. The largest absolute Gasteiger partial charge is 0.317 e. The molecule has 5 nitrogen and oxygen atoms in total. The second-order valence-corrected chi connectivity index (χ2v) is 7.35. The van der Waals surface area contributed by atoms with Crippen LogP contribution in [-0.4, -0.2) is 17.5 Å². The van der Waals surface area contributed by atoms with E-state index in [0.717, 1.165) is 22.6 Å². The van der Waals surface area contributed by atoms with Gasteiger partial charge in [-0.2, -0.15) is 8.42 Å². The van der Waals surface area contributed by atoms with Crippen molar-refractivity contribution in [2.75, 3.05) is 0 Å². The topological polar surface area (TPSA) is 71.7 Å². The molecule has 0 bridgehead atoms. The molecule has 3 aromatic rings. The molecule has 24 heavy (non-hydrogen) atoms. The zero-order valence-corrected chi connectivity index (χ0v) is 14.6. The van der Waals surface area contributed by atoms with Crippen molar-refractivity contribution >= 4 is 27.1 Å². The van der Waals surface area contributed by atoms with Crippen LogP contribution >= 0.6 is 11.3 Å². The van der Waals surface area contributed by atoms with Gasteiger partial charge in [0.1, 0.15) is 0 Å². The Hall–Kier alpha value is -2.22. The Kier molecular flexibility index (Phi) is 4.66. The molecule has 0 spiro atoms. The molecular formula is C17H16N2O3S2. The summed E-state index contributed by atoms with van der Waals surface area (Å²) in [7, 11) is -4.18. The maximum atomic E-state index is 11.1. The van der Waals surface area contributed by atoms with Crippen molar-refractivity contribution in [2.45, 2.75) is 18.4 Å². The first kappa shape index (κ1) is 16.6. The fourth-order valence-corrected chi connectivity index (χ4v) is 3.84. The Balaban J connectivity index is 2.04. The molecule has 0 saturated heterocycles. The summed E-state index contributed by atoms with van der Waals surface area (Å²) in [5.41, 5.74) is 2.85. The second kappa shape index (κ2) is 6.72. The van der Waals surface area contributed by atoms with Crippen LogP contribution in [-0.2, 0) is 16.7 Å². The van der Waals surface area contributed by atoms with Gasteiger partial charge in [-0.1, -0.05) is 30.3 Å². The van der Waals surface area contributed by atoms with Crippen LogP contribution in [0.1, 0.15) is 6.92 Å². The van der Waals surface area contributed by atoms with Crippen molar-refractivity contribution in [3.63, 3.8) is 0 Å². The van der Waals surface area contributed by atoms with Gasteiger partial charge in [-0.05, 0) is 36.8 Å². The van der Waals surface area contributed by atoms with Gasteiger partial charge in [-0.3, -0.25) is 4.55 Å². The summed E-state index contributed by atoms with van der Waals surface area (Å²) >= 11 is 1.53. The van der Waals surface area contributed by atoms with Gasteiger partial charge in [0.05, 0.1) is 16.3 Å². The lowest BCUT2D eigenvalue weighted by atomic mass is 10.2. The zero-order valence-electron chi connectivity index (χ0n) is 13.0. The molecule has 0 amide bonds. The van der Waals surface area contributed by atoms with Crippen molar-refractivity contribution in [3.05, 3.63) is 64.8 Å². The number of thiazole rings is 1. The van der Waals surface area contributed by atoms with Crippen molar-refractivity contribution in [3.8, 4) is 11.3 Å². The van der Waals surface area contributed by atoms with Crippen LogP contribution < -0.4 is 4.80 Å². The third-order valence-electron chi connectivity index (χ3n) is 3.54. The SMILES string of the molecule is CCn1c(-c2ccccc2)csc1=Nc1ccc(S(=O)(=O)O)cc1. The van der Waals surface area contributed by atoms with E-state index < -0.39 is 10.1 Å². The molecule has 1 aromatic heterocycles. The fraction of sp³-hybridized carbons (Fsp3) is 0.118. The number of nitrogens with zero attached hydrogens (tertiary/aromatic N) is 2. The number of hydrogen-bond donors (Lipinski definition) is 1. The Morgan fingerprint density at radius 1 is 1.08 bits per heavy atom. The summed E-state index contributed by atoms with van der Waals surface area (Å²) in [5, 5.41) is 2.06. The summed E-state index contributed by atoms with van der Waals surface area (Å²) < 4.78 is 33.3. The summed E-state index contributed by atoms with van der Waals surface area (Å²) in [5.74, 6) is 0. The van der Waals surface area contributed by atoms with Gasteiger partial charge in [-0.15, -0.1) is 11.3 Å². The predicted octanol–water partition coefficient (Wildman–Crippen LogP) is 3.72. The third kappa shape index (κ3) is 3.48. The Morgan fingerprint density at radius 3 is 2.33 bits per heavy atom. The van der Waals surface area contributed by atoms with Crippen LogP contribution in [0.2, 0.25) is 0 Å². The Morgan fingerprint density at radius 2 is 1.75 bits per heavy atom. The molecule has 7 heteroatoms. The van der Waals surface area contributed by atoms with E-state index in [4.69, 9.17) is 4.55 Å². The van der Waals surface area contributed by atoms with E-state index >= 15 is 0 Å². The summed E-state index contributed by atoms with van der Waals surface area (Å²) in [6.45, 7) is 2.83. The Bertz CT molecular complexity index is 1000. The number of aromatic nitrogens is 1. The average Bonchev–Trinajstić information content (AvgIpc) is 2.98. The zero-order chi connectivity index (χ0) is 17.2. The van der Waals surface area contributed by atoms with E-state index in [-0.39, 0.29) is 4.90 Å². The highest BCUT2D eigenvalue weighted by Crippen LogP contribution is 2.21. The molecule has 0 fully saturated rings. The van der Waals surface area contributed by atoms with E-state index in [1.807, 2.05) is 18.2 Å². The molecule has 0 radical (unpaired) electrons. The summed E-state index contributed by atoms with van der Waals surface area (Å²) in [6.07, 6.45) is 0. The molecule has 124 valence electrons. The first-order valence-corrected chi connectivity index (χ1v) is 9.67. The van der Waals surface area contributed by atoms with Crippen LogP contribution in [0.4, 0.5) is 5.69 Å². The maximum absolute atomic E-state index is 11.1. The predicted molar refractivity (Wildman–Crippen MR) is 94.9 cm³/mol. The van der Waals surface area contributed by atoms with E-state index in [1.165, 1.54) is 23.5 Å². The molecular weight excluding hydrogens is 344 g/mol. The second-order valence-electron chi connectivity index (χ2n) is 5.09. The molecule has 0 atom stereocenters. The smallest absolute Gasteiger partial charge is 0.294 e. The van der Waals surface area contributed by atoms with Gasteiger partial charge in [0.25, 0.3) is 10.1 Å². The van der Waals surface area contributed by atoms with Crippen molar-refractivity contribution in [1.82, 2.24) is 4.57 Å². The highest BCUT2D eigenvalue weighted by Gasteiger charge is 2.09. The van der Waals surface area contributed by atoms with Crippen LogP contribution in [0.3, 0.4) is 0 Å². The quantitative estimate of drug-likeness (QED) is 0.721. The number of hydrogen-bond acceptors (Lipinski definition) is 4. The van der Waals surface area contributed by atoms with Crippen molar-refractivity contribution in [2.24, 2.45) is 4.99 Å². The van der Waals surface area contributed by atoms with Gasteiger partial charge in [-0.25, -0.2) is 4.99 Å². The average molecular weight is 360 g/mol. The van der Waals surface area contributed by atoms with E-state index in [2.05, 4.69) is 34.0 Å². The molecule has 0 unspecified atom stereocenters. The van der Waals surface area contributed by atoms with Crippen LogP contribution in [0.5, 0.6) is 0 Å². The molecule has 1 N–H and O–H groups in total. The Labute approximate surface area is 144 Å². The minimum absolute atomic E-state index is 0.138. The molecule has 0 aliphatic rings. The lowest BCUT2D eigenvalue weighted by Crippen LogP contribution is -2.14. The minimum atomic E-state index is -4.18. The lowest BCUT2D eigenvalue weighted by Gasteiger charge is -2.05. The van der Waals surface area contributed by atoms with Crippen LogP contribution in [0, 0.1) is 0 Å². The lowest BCUT2D eigenvalue weighted by molar-refractivity contribution is 0.483. The van der Waals surface area contributed by atoms with Gasteiger partial charge in [0.15, 0.2) is 4.80 Å².